The Hall–Kier alpha value is -2.01. The van der Waals surface area contributed by atoms with Crippen molar-refractivity contribution in [1.82, 2.24) is 15.1 Å². The van der Waals surface area contributed by atoms with Crippen molar-refractivity contribution in [2.45, 2.75) is 12.0 Å². The SMILES string of the molecule is O=C(N1CC(c2ccccc2)C1)N1CC=C2OCCN[C@@H]2C1. The van der Waals surface area contributed by atoms with E-state index in [1.807, 2.05) is 21.9 Å². The predicted molar refractivity (Wildman–Crippen MR) is 83.6 cm³/mol. The summed E-state index contributed by atoms with van der Waals surface area (Å²) in [6.45, 7) is 4.58. The quantitative estimate of drug-likeness (QED) is 0.852. The maximum absolute atomic E-state index is 12.6. The molecule has 1 aromatic carbocycles. The van der Waals surface area contributed by atoms with Gasteiger partial charge < -0.3 is 19.9 Å². The van der Waals surface area contributed by atoms with Crippen molar-refractivity contribution < 1.29 is 9.53 Å². The average molecular weight is 299 g/mol. The molecule has 1 N–H and O–H groups in total. The Bertz CT molecular complexity index is 581. The molecule has 0 spiro atoms. The average Bonchev–Trinajstić information content (AvgIpc) is 2.54. The second kappa shape index (κ2) is 5.65. The summed E-state index contributed by atoms with van der Waals surface area (Å²) in [5, 5.41) is 3.41. The smallest absolute Gasteiger partial charge is 0.320 e. The molecular formula is C17H21N3O2. The van der Waals surface area contributed by atoms with Gasteiger partial charge in [-0.15, -0.1) is 0 Å². The van der Waals surface area contributed by atoms with Crippen molar-refractivity contribution in [3.05, 3.63) is 47.7 Å². The van der Waals surface area contributed by atoms with Crippen LogP contribution in [0.3, 0.4) is 0 Å². The highest BCUT2D eigenvalue weighted by Gasteiger charge is 2.36. The first kappa shape index (κ1) is 13.6. The second-order valence-electron chi connectivity index (χ2n) is 6.16. The lowest BCUT2D eigenvalue weighted by molar-refractivity contribution is 0.0910. The molecule has 0 aromatic heterocycles. The number of likely N-dealkylation sites (tertiary alicyclic amines) is 1. The Morgan fingerprint density at radius 1 is 1.14 bits per heavy atom. The molecule has 0 bridgehead atoms. The van der Waals surface area contributed by atoms with Gasteiger partial charge in [0.15, 0.2) is 0 Å². The summed E-state index contributed by atoms with van der Waals surface area (Å²) in [7, 11) is 0. The first-order valence-electron chi connectivity index (χ1n) is 7.96. The fourth-order valence-electron chi connectivity index (χ4n) is 3.38. The zero-order valence-electron chi connectivity index (χ0n) is 12.6. The monoisotopic (exact) mass is 299 g/mol. The number of hydrogen-bond acceptors (Lipinski definition) is 3. The molecule has 0 saturated carbocycles. The van der Waals surface area contributed by atoms with Crippen LogP contribution in [0.1, 0.15) is 11.5 Å². The Kier molecular flexibility index (Phi) is 3.50. The number of carbonyl (C=O) groups excluding carboxylic acids is 1. The lowest BCUT2D eigenvalue weighted by Gasteiger charge is -2.44. The highest BCUT2D eigenvalue weighted by Crippen LogP contribution is 2.28. The van der Waals surface area contributed by atoms with Gasteiger partial charge in [-0.3, -0.25) is 0 Å². The van der Waals surface area contributed by atoms with E-state index in [1.54, 1.807) is 0 Å². The number of urea groups is 1. The highest BCUT2D eigenvalue weighted by molar-refractivity contribution is 5.76. The third-order valence-electron chi connectivity index (χ3n) is 4.71. The summed E-state index contributed by atoms with van der Waals surface area (Å²) in [5.74, 6) is 1.48. The van der Waals surface area contributed by atoms with Crippen molar-refractivity contribution in [2.75, 3.05) is 39.3 Å². The Morgan fingerprint density at radius 2 is 1.95 bits per heavy atom. The molecule has 116 valence electrons. The summed E-state index contributed by atoms with van der Waals surface area (Å²) >= 11 is 0. The molecule has 2 fully saturated rings. The van der Waals surface area contributed by atoms with Crippen molar-refractivity contribution in [3.8, 4) is 0 Å². The number of carbonyl (C=O) groups is 1. The molecule has 2 amide bonds. The van der Waals surface area contributed by atoms with Crippen LogP contribution in [-0.4, -0.2) is 61.2 Å². The third-order valence-corrected chi connectivity index (χ3v) is 4.71. The van der Waals surface area contributed by atoms with Crippen LogP contribution >= 0.6 is 0 Å². The Morgan fingerprint density at radius 3 is 2.77 bits per heavy atom. The van der Waals surface area contributed by atoms with Crippen molar-refractivity contribution >= 4 is 6.03 Å². The van der Waals surface area contributed by atoms with E-state index in [9.17, 15) is 4.79 Å². The minimum absolute atomic E-state index is 0.148. The van der Waals surface area contributed by atoms with Gasteiger partial charge in [-0.2, -0.15) is 0 Å². The van der Waals surface area contributed by atoms with E-state index < -0.39 is 0 Å². The summed E-state index contributed by atoms with van der Waals surface area (Å²) in [6, 6.07) is 10.8. The molecule has 3 aliphatic heterocycles. The minimum Gasteiger partial charge on any atom is -0.495 e. The molecule has 2 saturated heterocycles. The molecule has 5 nitrogen and oxygen atoms in total. The summed E-state index contributed by atoms with van der Waals surface area (Å²) in [4.78, 5) is 16.4. The van der Waals surface area contributed by atoms with Crippen molar-refractivity contribution in [2.24, 2.45) is 0 Å². The molecule has 1 aromatic rings. The van der Waals surface area contributed by atoms with Gasteiger partial charge in [0, 0.05) is 38.6 Å². The lowest BCUT2D eigenvalue weighted by atomic mass is 9.92. The van der Waals surface area contributed by atoms with Crippen LogP contribution < -0.4 is 5.32 Å². The maximum atomic E-state index is 12.6. The van der Waals surface area contributed by atoms with Crippen LogP contribution in [0.5, 0.6) is 0 Å². The van der Waals surface area contributed by atoms with E-state index >= 15 is 0 Å². The molecule has 0 radical (unpaired) electrons. The number of nitrogens with zero attached hydrogens (tertiary/aromatic N) is 2. The number of amides is 2. The van der Waals surface area contributed by atoms with Crippen LogP contribution in [0, 0.1) is 0 Å². The molecule has 4 rings (SSSR count). The fraction of sp³-hybridized carbons (Fsp3) is 0.471. The molecule has 0 aliphatic carbocycles. The summed E-state index contributed by atoms with van der Waals surface area (Å²) < 4.78 is 5.63. The number of morpholine rings is 1. The van der Waals surface area contributed by atoms with Gasteiger partial charge in [-0.1, -0.05) is 30.3 Å². The zero-order chi connectivity index (χ0) is 14.9. The summed E-state index contributed by atoms with van der Waals surface area (Å²) in [6.07, 6.45) is 2.03. The van der Waals surface area contributed by atoms with Crippen molar-refractivity contribution in [1.29, 1.82) is 0 Å². The van der Waals surface area contributed by atoms with Gasteiger partial charge in [-0.25, -0.2) is 4.79 Å². The number of hydrogen-bond donors (Lipinski definition) is 1. The molecule has 3 heterocycles. The molecular weight excluding hydrogens is 278 g/mol. The number of nitrogens with one attached hydrogen (secondary N) is 1. The molecule has 0 unspecified atom stereocenters. The van der Waals surface area contributed by atoms with Gasteiger partial charge in [0.05, 0.1) is 6.04 Å². The van der Waals surface area contributed by atoms with Crippen molar-refractivity contribution in [3.63, 3.8) is 0 Å². The zero-order valence-corrected chi connectivity index (χ0v) is 12.6. The molecule has 5 heteroatoms. The number of ether oxygens (including phenoxy) is 1. The van der Waals surface area contributed by atoms with Crippen LogP contribution in [0.2, 0.25) is 0 Å². The van der Waals surface area contributed by atoms with E-state index in [4.69, 9.17) is 4.74 Å². The first-order chi connectivity index (χ1) is 10.8. The van der Waals surface area contributed by atoms with Gasteiger partial charge in [-0.05, 0) is 11.6 Å². The normalized spacial score (nSPS) is 24.9. The second-order valence-corrected chi connectivity index (χ2v) is 6.16. The predicted octanol–water partition coefficient (Wildman–Crippen LogP) is 1.39. The van der Waals surface area contributed by atoms with Gasteiger partial charge in [0.25, 0.3) is 0 Å². The largest absolute Gasteiger partial charge is 0.495 e. The standard InChI is InChI=1S/C17H21N3O2/c21-17(19-8-6-16-15(12-19)18-7-9-22-16)20-10-14(11-20)13-4-2-1-3-5-13/h1-6,14-15,18H,7-12H2/t15-/m1/s1. The Balaban J connectivity index is 1.35. The van der Waals surface area contributed by atoms with E-state index in [2.05, 4.69) is 29.6 Å². The van der Waals surface area contributed by atoms with Gasteiger partial charge in [0.2, 0.25) is 0 Å². The van der Waals surface area contributed by atoms with Crippen LogP contribution in [-0.2, 0) is 4.74 Å². The van der Waals surface area contributed by atoms with Crippen LogP contribution in [0.25, 0.3) is 0 Å². The number of rotatable bonds is 1. The Labute approximate surface area is 130 Å². The van der Waals surface area contributed by atoms with Gasteiger partial charge >= 0.3 is 6.03 Å². The third kappa shape index (κ3) is 2.46. The van der Waals surface area contributed by atoms with E-state index in [0.29, 0.717) is 19.0 Å². The summed E-state index contributed by atoms with van der Waals surface area (Å²) in [5.41, 5.74) is 1.33. The molecule has 1 atom stereocenters. The lowest BCUT2D eigenvalue weighted by Crippen LogP contribution is -2.58. The van der Waals surface area contributed by atoms with E-state index in [0.717, 1.165) is 32.0 Å². The van der Waals surface area contributed by atoms with E-state index in [1.165, 1.54) is 5.56 Å². The van der Waals surface area contributed by atoms with Gasteiger partial charge in [0.1, 0.15) is 12.4 Å². The van der Waals surface area contributed by atoms with E-state index in [-0.39, 0.29) is 12.1 Å². The maximum Gasteiger partial charge on any atom is 0.320 e. The van der Waals surface area contributed by atoms with Crippen LogP contribution in [0.15, 0.2) is 42.2 Å². The fourth-order valence-corrected chi connectivity index (χ4v) is 3.38. The minimum atomic E-state index is 0.148. The topological polar surface area (TPSA) is 44.8 Å². The number of fused-ring (bicyclic) bond motifs is 1. The van der Waals surface area contributed by atoms with Crippen LogP contribution in [0.4, 0.5) is 4.79 Å². The first-order valence-corrected chi connectivity index (χ1v) is 7.96. The molecule has 22 heavy (non-hydrogen) atoms. The molecule has 3 aliphatic rings. The number of benzene rings is 1. The highest BCUT2D eigenvalue weighted by atomic mass is 16.5.